The minimum absolute atomic E-state index is 0.329. The van der Waals surface area contributed by atoms with Crippen LogP contribution in [-0.2, 0) is 6.18 Å². The van der Waals surface area contributed by atoms with E-state index >= 15 is 0 Å². The quantitative estimate of drug-likeness (QED) is 0.913. The minimum Gasteiger partial charge on any atom is -0.320 e. The molecule has 2 nitrogen and oxygen atoms in total. The first-order valence-corrected chi connectivity index (χ1v) is 6.12. The van der Waals surface area contributed by atoms with Crippen molar-refractivity contribution < 1.29 is 13.2 Å². The van der Waals surface area contributed by atoms with E-state index < -0.39 is 17.2 Å². The van der Waals surface area contributed by atoms with Gasteiger partial charge >= 0.3 is 6.18 Å². The summed E-state index contributed by atoms with van der Waals surface area (Å²) in [6.07, 6.45) is -3.30. The molecule has 0 fully saturated rings. The summed E-state index contributed by atoms with van der Waals surface area (Å²) in [5, 5.41) is -0.480. The summed E-state index contributed by atoms with van der Waals surface area (Å²) >= 11 is 6.48. The average Bonchev–Trinajstić information content (AvgIpc) is 2.77. The van der Waals surface area contributed by atoms with E-state index in [-0.39, 0.29) is 0 Å². The molecule has 0 aliphatic rings. The lowest BCUT2D eigenvalue weighted by atomic mass is 10.1. The number of thiazole rings is 1. The smallest absolute Gasteiger partial charge is 0.320 e. The van der Waals surface area contributed by atoms with Crippen molar-refractivity contribution in [2.45, 2.75) is 12.2 Å². The van der Waals surface area contributed by atoms with Crippen LogP contribution in [0.2, 0.25) is 5.02 Å². The summed E-state index contributed by atoms with van der Waals surface area (Å²) in [6, 6.07) is 6.08. The van der Waals surface area contributed by atoms with Gasteiger partial charge in [0, 0.05) is 16.1 Å². The van der Waals surface area contributed by atoms with Gasteiger partial charge in [-0.05, 0) is 11.6 Å². The third-order valence-corrected chi connectivity index (χ3v) is 3.78. The molecule has 1 aromatic heterocycles. The summed E-state index contributed by atoms with van der Waals surface area (Å²) in [4.78, 5) is 3.66. The van der Waals surface area contributed by atoms with Crippen LogP contribution in [0.25, 0.3) is 0 Å². The maximum absolute atomic E-state index is 12.4. The molecular weight excluding hydrogens is 285 g/mol. The summed E-state index contributed by atoms with van der Waals surface area (Å²) in [5.74, 6) is 0. The Balaban J connectivity index is 2.33. The number of rotatable bonds is 2. The van der Waals surface area contributed by atoms with Crippen molar-refractivity contribution in [1.29, 1.82) is 0 Å². The van der Waals surface area contributed by atoms with E-state index in [0.717, 1.165) is 6.20 Å². The highest BCUT2D eigenvalue weighted by Crippen LogP contribution is 2.36. The molecule has 0 spiro atoms. The molecule has 0 amide bonds. The lowest BCUT2D eigenvalue weighted by Gasteiger charge is -2.11. The van der Waals surface area contributed by atoms with Crippen LogP contribution in [0.5, 0.6) is 0 Å². The van der Waals surface area contributed by atoms with Crippen LogP contribution in [0.4, 0.5) is 13.2 Å². The van der Waals surface area contributed by atoms with Gasteiger partial charge in [0.2, 0.25) is 0 Å². The summed E-state index contributed by atoms with van der Waals surface area (Å²) in [7, 11) is 0. The number of aromatic nitrogens is 1. The van der Waals surface area contributed by atoms with Crippen molar-refractivity contribution >= 4 is 22.9 Å². The van der Waals surface area contributed by atoms with Gasteiger partial charge < -0.3 is 5.73 Å². The normalized spacial score (nSPS) is 13.6. The van der Waals surface area contributed by atoms with Crippen LogP contribution in [-0.4, -0.2) is 4.98 Å². The van der Waals surface area contributed by atoms with Crippen LogP contribution in [0, 0.1) is 0 Å². The van der Waals surface area contributed by atoms with Crippen LogP contribution >= 0.6 is 22.9 Å². The lowest BCUT2D eigenvalue weighted by molar-refractivity contribution is -0.137. The maximum Gasteiger partial charge on any atom is 0.443 e. The van der Waals surface area contributed by atoms with Crippen molar-refractivity contribution in [3.8, 4) is 0 Å². The SMILES string of the molecule is NC(c1cnc(C(F)(F)F)s1)c1ccccc1Cl. The Morgan fingerprint density at radius 3 is 2.50 bits per heavy atom. The zero-order valence-corrected chi connectivity index (χ0v) is 10.5. The molecular formula is C11H8ClF3N2S. The van der Waals surface area contributed by atoms with Gasteiger partial charge in [-0.15, -0.1) is 11.3 Å². The molecule has 1 aromatic carbocycles. The molecule has 96 valence electrons. The first-order chi connectivity index (χ1) is 8.39. The Morgan fingerprint density at radius 2 is 1.94 bits per heavy atom. The summed E-state index contributed by atoms with van der Waals surface area (Å²) in [5.41, 5.74) is 6.47. The Morgan fingerprint density at radius 1 is 1.28 bits per heavy atom. The van der Waals surface area contributed by atoms with Gasteiger partial charge in [0.1, 0.15) is 0 Å². The first-order valence-electron chi connectivity index (χ1n) is 4.92. The number of halogens is 4. The third kappa shape index (κ3) is 2.66. The first kappa shape index (κ1) is 13.3. The van der Waals surface area contributed by atoms with E-state index in [0.29, 0.717) is 26.8 Å². The zero-order chi connectivity index (χ0) is 13.3. The molecule has 18 heavy (non-hydrogen) atoms. The molecule has 0 saturated carbocycles. The van der Waals surface area contributed by atoms with E-state index in [9.17, 15) is 13.2 Å². The summed E-state index contributed by atoms with van der Waals surface area (Å²) in [6.45, 7) is 0. The van der Waals surface area contributed by atoms with Crippen LogP contribution < -0.4 is 5.73 Å². The van der Waals surface area contributed by atoms with Gasteiger partial charge in [-0.1, -0.05) is 29.8 Å². The van der Waals surface area contributed by atoms with E-state index in [1.165, 1.54) is 0 Å². The standard InChI is InChI=1S/C11H8ClF3N2S/c12-7-4-2-1-3-6(7)9(16)8-5-17-10(18-8)11(13,14)15/h1-5,9H,16H2. The fourth-order valence-corrected chi connectivity index (χ4v) is 2.50. The molecule has 0 aliphatic heterocycles. The largest absolute Gasteiger partial charge is 0.443 e. The van der Waals surface area contributed by atoms with Crippen molar-refractivity contribution in [3.05, 3.63) is 50.9 Å². The fourth-order valence-electron chi connectivity index (χ4n) is 1.44. The molecule has 0 bridgehead atoms. The van der Waals surface area contributed by atoms with Gasteiger partial charge in [0.25, 0.3) is 0 Å². The Hall–Kier alpha value is -1.11. The van der Waals surface area contributed by atoms with Gasteiger partial charge in [0.05, 0.1) is 6.04 Å². The van der Waals surface area contributed by atoms with E-state index in [2.05, 4.69) is 4.98 Å². The van der Waals surface area contributed by atoms with Crippen molar-refractivity contribution in [2.24, 2.45) is 5.73 Å². The fraction of sp³-hybridized carbons (Fsp3) is 0.182. The number of hydrogen-bond donors (Lipinski definition) is 1. The number of benzene rings is 1. The van der Waals surface area contributed by atoms with Gasteiger partial charge in [-0.3, -0.25) is 0 Å². The molecule has 7 heteroatoms. The highest BCUT2D eigenvalue weighted by Gasteiger charge is 2.35. The molecule has 0 saturated heterocycles. The molecule has 2 rings (SSSR count). The number of alkyl halides is 3. The molecule has 1 unspecified atom stereocenters. The second kappa shape index (κ2) is 4.87. The second-order valence-corrected chi connectivity index (χ2v) is 5.03. The number of nitrogens with zero attached hydrogens (tertiary/aromatic N) is 1. The molecule has 2 N–H and O–H groups in total. The second-order valence-electron chi connectivity index (χ2n) is 3.56. The maximum atomic E-state index is 12.4. The van der Waals surface area contributed by atoms with Gasteiger partial charge in [-0.2, -0.15) is 13.2 Å². The zero-order valence-electron chi connectivity index (χ0n) is 8.91. The predicted molar refractivity (Wildman–Crippen MR) is 64.6 cm³/mol. The highest BCUT2D eigenvalue weighted by molar-refractivity contribution is 7.11. The monoisotopic (exact) mass is 292 g/mol. The molecule has 0 aliphatic carbocycles. The highest BCUT2D eigenvalue weighted by atomic mass is 35.5. The third-order valence-electron chi connectivity index (χ3n) is 2.31. The summed E-state index contributed by atoms with van der Waals surface area (Å²) < 4.78 is 37.3. The van der Waals surface area contributed by atoms with Crippen LogP contribution in [0.1, 0.15) is 21.5 Å². The van der Waals surface area contributed by atoms with Crippen molar-refractivity contribution in [3.63, 3.8) is 0 Å². The van der Waals surface area contributed by atoms with Gasteiger partial charge in [0.15, 0.2) is 5.01 Å². The Kier molecular flexibility index (Phi) is 3.61. The minimum atomic E-state index is -4.44. The number of hydrogen-bond acceptors (Lipinski definition) is 3. The van der Waals surface area contributed by atoms with E-state index in [1.807, 2.05) is 0 Å². The Labute approximate surface area is 110 Å². The predicted octanol–water partition coefficient (Wildman–Crippen LogP) is 3.86. The topological polar surface area (TPSA) is 38.9 Å². The lowest BCUT2D eigenvalue weighted by Crippen LogP contribution is -2.10. The van der Waals surface area contributed by atoms with Crippen LogP contribution in [0.15, 0.2) is 30.5 Å². The molecule has 2 aromatic rings. The van der Waals surface area contributed by atoms with Gasteiger partial charge in [-0.25, -0.2) is 4.98 Å². The Bertz CT molecular complexity index is 553. The van der Waals surface area contributed by atoms with Crippen LogP contribution in [0.3, 0.4) is 0 Å². The van der Waals surface area contributed by atoms with E-state index in [4.69, 9.17) is 17.3 Å². The molecule has 1 heterocycles. The van der Waals surface area contributed by atoms with Crippen molar-refractivity contribution in [1.82, 2.24) is 4.98 Å². The average molecular weight is 293 g/mol. The van der Waals surface area contributed by atoms with Crippen molar-refractivity contribution in [2.75, 3.05) is 0 Å². The number of nitrogens with two attached hydrogens (primary N) is 1. The molecule has 0 radical (unpaired) electrons. The van der Waals surface area contributed by atoms with E-state index in [1.54, 1.807) is 24.3 Å². The molecule has 1 atom stereocenters.